The molecule has 1 aliphatic rings. The second-order valence-corrected chi connectivity index (χ2v) is 10.8. The van der Waals surface area contributed by atoms with E-state index in [0.29, 0.717) is 42.6 Å². The Kier molecular flexibility index (Phi) is 6.58. The van der Waals surface area contributed by atoms with Crippen molar-refractivity contribution in [3.8, 4) is 0 Å². The number of amides is 1. The Labute approximate surface area is 172 Å². The van der Waals surface area contributed by atoms with Crippen molar-refractivity contribution in [3.05, 3.63) is 52.9 Å². The summed E-state index contributed by atoms with van der Waals surface area (Å²) in [6.07, 6.45) is 1.14. The third kappa shape index (κ3) is 4.64. The zero-order valence-electron chi connectivity index (χ0n) is 16.7. The van der Waals surface area contributed by atoms with E-state index in [9.17, 15) is 13.2 Å². The normalized spacial score (nSPS) is 16.4. The van der Waals surface area contributed by atoms with Crippen LogP contribution in [0.3, 0.4) is 0 Å². The van der Waals surface area contributed by atoms with Gasteiger partial charge >= 0.3 is 0 Å². The van der Waals surface area contributed by atoms with Crippen LogP contribution in [0.15, 0.2) is 46.0 Å². The molecule has 0 bridgehead atoms. The van der Waals surface area contributed by atoms with E-state index >= 15 is 0 Å². The van der Waals surface area contributed by atoms with Gasteiger partial charge < -0.3 is 4.90 Å². The summed E-state index contributed by atoms with van der Waals surface area (Å²) in [5.41, 5.74) is 2.40. The predicted molar refractivity (Wildman–Crippen MR) is 113 cm³/mol. The fourth-order valence-electron chi connectivity index (χ4n) is 3.55. The molecule has 1 aromatic heterocycles. The molecule has 2 aromatic rings. The van der Waals surface area contributed by atoms with Crippen LogP contribution >= 0.6 is 11.3 Å². The van der Waals surface area contributed by atoms with Crippen molar-refractivity contribution in [1.82, 2.24) is 9.21 Å². The number of nitrogens with zero attached hydrogens (tertiary/aromatic N) is 2. The van der Waals surface area contributed by atoms with Crippen LogP contribution in [0, 0.1) is 5.92 Å². The molecule has 0 saturated carbocycles. The van der Waals surface area contributed by atoms with Gasteiger partial charge in [0.05, 0.1) is 0 Å². The van der Waals surface area contributed by atoms with Gasteiger partial charge in [-0.05, 0) is 41.3 Å². The summed E-state index contributed by atoms with van der Waals surface area (Å²) in [6.45, 7) is 5.69. The highest BCUT2D eigenvalue weighted by molar-refractivity contribution is 7.91. The van der Waals surface area contributed by atoms with Gasteiger partial charge in [0.25, 0.3) is 10.0 Å². The van der Waals surface area contributed by atoms with Crippen LogP contribution < -0.4 is 0 Å². The topological polar surface area (TPSA) is 57.7 Å². The maximum Gasteiger partial charge on any atom is 0.252 e. The Morgan fingerprint density at radius 3 is 2.36 bits per heavy atom. The van der Waals surface area contributed by atoms with E-state index in [-0.39, 0.29) is 11.8 Å². The first-order valence-electron chi connectivity index (χ1n) is 9.66. The predicted octanol–water partition coefficient (Wildman–Crippen LogP) is 3.93. The zero-order valence-corrected chi connectivity index (χ0v) is 18.3. The van der Waals surface area contributed by atoms with Crippen LogP contribution in [-0.2, 0) is 21.4 Å². The molecule has 0 unspecified atom stereocenters. The van der Waals surface area contributed by atoms with E-state index in [2.05, 4.69) is 38.1 Å². The van der Waals surface area contributed by atoms with Crippen molar-refractivity contribution in [2.24, 2.45) is 5.92 Å². The van der Waals surface area contributed by atoms with Crippen LogP contribution in [0.1, 0.15) is 43.7 Å². The van der Waals surface area contributed by atoms with Crippen molar-refractivity contribution < 1.29 is 13.2 Å². The molecule has 2 heterocycles. The molecule has 1 aliphatic heterocycles. The SMILES string of the molecule is CC(C)c1ccc(CN(C)C(=O)C2CCN(S(=O)(=O)c3cccs3)CC2)cc1. The van der Waals surface area contributed by atoms with Gasteiger partial charge in [-0.25, -0.2) is 8.42 Å². The third-order valence-corrected chi connectivity index (χ3v) is 8.61. The molecule has 28 heavy (non-hydrogen) atoms. The largest absolute Gasteiger partial charge is 0.341 e. The molecule has 1 saturated heterocycles. The molecule has 0 atom stereocenters. The lowest BCUT2D eigenvalue weighted by Gasteiger charge is -2.32. The molecule has 1 aromatic carbocycles. The van der Waals surface area contributed by atoms with E-state index < -0.39 is 10.0 Å². The maximum atomic E-state index is 12.8. The summed E-state index contributed by atoms with van der Waals surface area (Å²) >= 11 is 1.23. The highest BCUT2D eigenvalue weighted by Crippen LogP contribution is 2.27. The van der Waals surface area contributed by atoms with Gasteiger partial charge in [0.1, 0.15) is 4.21 Å². The number of carbonyl (C=O) groups excluding carboxylic acids is 1. The number of rotatable bonds is 6. The number of benzene rings is 1. The number of piperidine rings is 1. The number of carbonyl (C=O) groups is 1. The molecule has 3 rings (SSSR count). The maximum absolute atomic E-state index is 12.8. The van der Waals surface area contributed by atoms with Crippen LogP contribution in [0.4, 0.5) is 0 Å². The van der Waals surface area contributed by atoms with E-state index in [0.717, 1.165) is 5.56 Å². The third-order valence-electron chi connectivity index (χ3n) is 5.33. The second kappa shape index (κ2) is 8.76. The van der Waals surface area contributed by atoms with Gasteiger partial charge in [-0.15, -0.1) is 11.3 Å². The van der Waals surface area contributed by atoms with Gasteiger partial charge in [-0.1, -0.05) is 44.2 Å². The number of hydrogen-bond acceptors (Lipinski definition) is 4. The molecular formula is C21H28N2O3S2. The van der Waals surface area contributed by atoms with Crippen molar-refractivity contribution in [1.29, 1.82) is 0 Å². The average molecular weight is 421 g/mol. The van der Waals surface area contributed by atoms with Gasteiger partial charge in [-0.3, -0.25) is 4.79 Å². The molecule has 0 N–H and O–H groups in total. The summed E-state index contributed by atoms with van der Waals surface area (Å²) in [4.78, 5) is 14.6. The van der Waals surface area contributed by atoms with E-state index in [1.807, 2.05) is 7.05 Å². The lowest BCUT2D eigenvalue weighted by Crippen LogP contribution is -2.43. The van der Waals surface area contributed by atoms with Crippen molar-refractivity contribution in [3.63, 3.8) is 0 Å². The van der Waals surface area contributed by atoms with E-state index in [1.165, 1.54) is 21.2 Å². The molecule has 1 fully saturated rings. The van der Waals surface area contributed by atoms with Crippen LogP contribution in [0.25, 0.3) is 0 Å². The number of hydrogen-bond donors (Lipinski definition) is 0. The molecule has 152 valence electrons. The van der Waals surface area contributed by atoms with Gasteiger partial charge in [0, 0.05) is 32.6 Å². The molecule has 7 heteroatoms. The fourth-order valence-corrected chi connectivity index (χ4v) is 6.17. The average Bonchev–Trinajstić information content (AvgIpc) is 3.23. The Hall–Kier alpha value is -1.70. The highest BCUT2D eigenvalue weighted by atomic mass is 32.2. The molecule has 1 amide bonds. The van der Waals surface area contributed by atoms with Crippen molar-refractivity contribution in [2.45, 2.75) is 43.4 Å². The van der Waals surface area contributed by atoms with Crippen LogP contribution in [-0.4, -0.2) is 43.7 Å². The zero-order chi connectivity index (χ0) is 20.3. The summed E-state index contributed by atoms with van der Waals surface area (Å²) in [7, 11) is -1.59. The molecule has 5 nitrogen and oxygen atoms in total. The molecule has 0 spiro atoms. The smallest absolute Gasteiger partial charge is 0.252 e. The molecule has 0 radical (unpaired) electrons. The lowest BCUT2D eigenvalue weighted by atomic mass is 9.96. The Balaban J connectivity index is 1.56. The minimum absolute atomic E-state index is 0.0982. The molecular weight excluding hydrogens is 392 g/mol. The monoisotopic (exact) mass is 420 g/mol. The second-order valence-electron chi connectivity index (χ2n) is 7.70. The first-order valence-corrected chi connectivity index (χ1v) is 12.0. The number of thiophene rings is 1. The lowest BCUT2D eigenvalue weighted by molar-refractivity contribution is -0.135. The van der Waals surface area contributed by atoms with Crippen LogP contribution in [0.2, 0.25) is 0 Å². The Bertz CT molecular complexity index is 882. The first kappa shape index (κ1) is 21.0. The number of sulfonamides is 1. The minimum atomic E-state index is -3.42. The fraction of sp³-hybridized carbons (Fsp3) is 0.476. The van der Waals surface area contributed by atoms with E-state index in [1.54, 1.807) is 22.4 Å². The summed E-state index contributed by atoms with van der Waals surface area (Å²) in [5.74, 6) is 0.472. The highest BCUT2D eigenvalue weighted by Gasteiger charge is 2.33. The summed E-state index contributed by atoms with van der Waals surface area (Å²) in [6, 6.07) is 11.8. The molecule has 0 aliphatic carbocycles. The van der Waals surface area contributed by atoms with Gasteiger partial charge in [0.15, 0.2) is 0 Å². The standard InChI is InChI=1S/C21H28N2O3S2/c1-16(2)18-8-6-17(7-9-18)15-22(3)21(24)19-10-12-23(13-11-19)28(25,26)20-5-4-14-27-20/h4-9,14,16,19H,10-13,15H2,1-3H3. The Morgan fingerprint density at radius 1 is 1.18 bits per heavy atom. The van der Waals surface area contributed by atoms with E-state index in [4.69, 9.17) is 0 Å². The van der Waals surface area contributed by atoms with Crippen molar-refractivity contribution in [2.75, 3.05) is 20.1 Å². The van der Waals surface area contributed by atoms with Gasteiger partial charge in [-0.2, -0.15) is 4.31 Å². The summed E-state index contributed by atoms with van der Waals surface area (Å²) < 4.78 is 27.1. The summed E-state index contributed by atoms with van der Waals surface area (Å²) in [5, 5.41) is 1.77. The minimum Gasteiger partial charge on any atom is -0.341 e. The Morgan fingerprint density at radius 2 is 1.82 bits per heavy atom. The van der Waals surface area contributed by atoms with Crippen molar-refractivity contribution >= 4 is 27.3 Å². The quantitative estimate of drug-likeness (QED) is 0.711. The van der Waals surface area contributed by atoms with Gasteiger partial charge in [0.2, 0.25) is 5.91 Å². The first-order chi connectivity index (χ1) is 13.3. The van der Waals surface area contributed by atoms with Crippen LogP contribution in [0.5, 0.6) is 0 Å².